The fourth-order valence-corrected chi connectivity index (χ4v) is 1.83. The number of carbonyl (C=O) groups is 1. The van der Waals surface area contributed by atoms with Crippen molar-refractivity contribution in [2.24, 2.45) is 7.05 Å². The highest BCUT2D eigenvalue weighted by Crippen LogP contribution is 2.18. The largest absolute Gasteiger partial charge is 0.395 e. The lowest BCUT2D eigenvalue weighted by Crippen LogP contribution is -2.38. The molecule has 0 atom stereocenters. The van der Waals surface area contributed by atoms with E-state index in [2.05, 4.69) is 5.10 Å². The molecule has 0 saturated heterocycles. The molecule has 1 aromatic rings. The van der Waals surface area contributed by atoms with E-state index < -0.39 is 0 Å². The van der Waals surface area contributed by atoms with Crippen molar-refractivity contribution in [1.82, 2.24) is 14.7 Å². The zero-order valence-electron chi connectivity index (χ0n) is 11.3. The summed E-state index contributed by atoms with van der Waals surface area (Å²) in [7, 11) is 1.69. The van der Waals surface area contributed by atoms with E-state index in [1.54, 1.807) is 18.9 Å². The molecule has 0 spiro atoms. The monoisotopic (exact) mass is 249 g/mol. The molecule has 0 aliphatic carbocycles. The minimum atomic E-state index is -0.180. The molecular formula is C12H19N5O. The standard InChI is InChI=1S/C12H19N5O/c1-8(2)17(7-5-6-13)12(18)11-10(14)9(3)15-16(11)4/h8H,5,7,14H2,1-4H3. The number of amides is 1. The first-order chi connectivity index (χ1) is 8.40. The van der Waals surface area contributed by atoms with Gasteiger partial charge in [0.15, 0.2) is 0 Å². The summed E-state index contributed by atoms with van der Waals surface area (Å²) in [4.78, 5) is 14.1. The summed E-state index contributed by atoms with van der Waals surface area (Å²) in [6.07, 6.45) is 0.306. The first-order valence-electron chi connectivity index (χ1n) is 5.87. The molecule has 6 heteroatoms. The SMILES string of the molecule is Cc1nn(C)c(C(=O)N(CCC#N)C(C)C)c1N. The number of hydrogen-bond acceptors (Lipinski definition) is 4. The minimum Gasteiger partial charge on any atom is -0.395 e. The highest BCUT2D eigenvalue weighted by molar-refractivity contribution is 5.98. The van der Waals surface area contributed by atoms with Gasteiger partial charge in [0.05, 0.1) is 23.9 Å². The smallest absolute Gasteiger partial charge is 0.274 e. The molecule has 0 unspecified atom stereocenters. The number of carbonyl (C=O) groups excluding carboxylic acids is 1. The molecule has 1 heterocycles. The van der Waals surface area contributed by atoms with Crippen molar-refractivity contribution < 1.29 is 4.79 Å². The summed E-state index contributed by atoms with van der Waals surface area (Å²) >= 11 is 0. The van der Waals surface area contributed by atoms with E-state index in [0.29, 0.717) is 30.0 Å². The first-order valence-corrected chi connectivity index (χ1v) is 5.87. The normalized spacial score (nSPS) is 10.4. The molecule has 1 rings (SSSR count). The van der Waals surface area contributed by atoms with Crippen molar-refractivity contribution in [2.45, 2.75) is 33.2 Å². The number of rotatable bonds is 4. The van der Waals surface area contributed by atoms with Gasteiger partial charge in [0.1, 0.15) is 5.69 Å². The van der Waals surface area contributed by atoms with Crippen LogP contribution >= 0.6 is 0 Å². The Labute approximate surface area is 107 Å². The number of nitrogen functional groups attached to an aromatic ring is 1. The van der Waals surface area contributed by atoms with Gasteiger partial charge < -0.3 is 10.6 Å². The Bertz CT molecular complexity index is 483. The van der Waals surface area contributed by atoms with E-state index in [1.165, 1.54) is 4.68 Å². The van der Waals surface area contributed by atoms with E-state index >= 15 is 0 Å². The molecule has 1 aromatic heterocycles. The summed E-state index contributed by atoms with van der Waals surface area (Å²) in [5.41, 5.74) is 7.31. The predicted molar refractivity (Wildman–Crippen MR) is 68.8 cm³/mol. The van der Waals surface area contributed by atoms with Gasteiger partial charge in [-0.05, 0) is 20.8 Å². The second kappa shape index (κ2) is 5.54. The third-order valence-corrected chi connectivity index (χ3v) is 2.82. The third-order valence-electron chi connectivity index (χ3n) is 2.82. The topological polar surface area (TPSA) is 87.9 Å². The second-order valence-corrected chi connectivity index (χ2v) is 4.47. The molecule has 6 nitrogen and oxygen atoms in total. The van der Waals surface area contributed by atoms with Gasteiger partial charge in [-0.25, -0.2) is 0 Å². The van der Waals surface area contributed by atoms with Crippen LogP contribution in [0.15, 0.2) is 0 Å². The third kappa shape index (κ3) is 2.62. The van der Waals surface area contributed by atoms with Crippen LogP contribution < -0.4 is 5.73 Å². The number of aromatic nitrogens is 2. The van der Waals surface area contributed by atoms with Gasteiger partial charge in [-0.2, -0.15) is 10.4 Å². The van der Waals surface area contributed by atoms with Gasteiger partial charge in [-0.1, -0.05) is 0 Å². The predicted octanol–water partition coefficient (Wildman–Crippen LogP) is 1.07. The molecule has 0 fully saturated rings. The van der Waals surface area contributed by atoms with Crippen molar-refractivity contribution in [3.05, 3.63) is 11.4 Å². The number of hydrogen-bond donors (Lipinski definition) is 1. The maximum atomic E-state index is 12.4. The Morgan fingerprint density at radius 1 is 1.61 bits per heavy atom. The quantitative estimate of drug-likeness (QED) is 0.864. The molecule has 2 N–H and O–H groups in total. The number of nitrogens with zero attached hydrogens (tertiary/aromatic N) is 4. The van der Waals surface area contributed by atoms with Crippen molar-refractivity contribution in [2.75, 3.05) is 12.3 Å². The van der Waals surface area contributed by atoms with Crippen molar-refractivity contribution in [3.63, 3.8) is 0 Å². The van der Waals surface area contributed by atoms with Gasteiger partial charge >= 0.3 is 0 Å². The van der Waals surface area contributed by atoms with E-state index in [4.69, 9.17) is 11.0 Å². The van der Waals surface area contributed by atoms with Crippen LogP contribution in [-0.4, -0.2) is 33.2 Å². The molecule has 0 aliphatic rings. The fourth-order valence-electron chi connectivity index (χ4n) is 1.83. The maximum Gasteiger partial charge on any atom is 0.274 e. The summed E-state index contributed by atoms with van der Waals surface area (Å²) in [5, 5.41) is 12.8. The molecular weight excluding hydrogens is 230 g/mol. The molecule has 0 saturated carbocycles. The second-order valence-electron chi connectivity index (χ2n) is 4.47. The number of aryl methyl sites for hydroxylation is 2. The molecule has 0 aromatic carbocycles. The lowest BCUT2D eigenvalue weighted by atomic mass is 10.2. The molecule has 0 aliphatic heterocycles. The van der Waals surface area contributed by atoms with Gasteiger partial charge in [0, 0.05) is 19.6 Å². The zero-order chi connectivity index (χ0) is 13.9. The summed E-state index contributed by atoms with van der Waals surface area (Å²) in [6.45, 7) is 5.99. The molecule has 98 valence electrons. The Hall–Kier alpha value is -2.03. The zero-order valence-corrected chi connectivity index (χ0v) is 11.3. The number of anilines is 1. The Balaban J connectivity index is 3.06. The Kier molecular flexibility index (Phi) is 4.32. The molecule has 0 radical (unpaired) electrons. The van der Waals surface area contributed by atoms with E-state index in [0.717, 1.165) is 0 Å². The van der Waals surface area contributed by atoms with Crippen LogP contribution in [0.25, 0.3) is 0 Å². The average Bonchev–Trinajstić information content (AvgIpc) is 2.53. The number of nitrogens with two attached hydrogens (primary N) is 1. The van der Waals surface area contributed by atoms with Crippen molar-refractivity contribution in [3.8, 4) is 6.07 Å². The van der Waals surface area contributed by atoms with Gasteiger partial charge in [0.25, 0.3) is 5.91 Å². The van der Waals surface area contributed by atoms with E-state index in [1.807, 2.05) is 19.9 Å². The van der Waals surface area contributed by atoms with Crippen LogP contribution in [0, 0.1) is 18.3 Å². The van der Waals surface area contributed by atoms with Crippen LogP contribution in [0.5, 0.6) is 0 Å². The summed E-state index contributed by atoms with van der Waals surface area (Å²) in [5.74, 6) is -0.180. The fraction of sp³-hybridized carbons (Fsp3) is 0.583. The van der Waals surface area contributed by atoms with Crippen LogP contribution in [0.2, 0.25) is 0 Å². The first kappa shape index (κ1) is 14.0. The minimum absolute atomic E-state index is 0.0143. The highest BCUT2D eigenvalue weighted by Gasteiger charge is 2.24. The molecule has 1 amide bonds. The summed E-state index contributed by atoms with van der Waals surface area (Å²) < 4.78 is 1.49. The Morgan fingerprint density at radius 3 is 2.61 bits per heavy atom. The number of nitriles is 1. The van der Waals surface area contributed by atoms with Crippen LogP contribution in [0.4, 0.5) is 5.69 Å². The van der Waals surface area contributed by atoms with E-state index in [-0.39, 0.29) is 11.9 Å². The van der Waals surface area contributed by atoms with Crippen LogP contribution in [0.3, 0.4) is 0 Å². The Morgan fingerprint density at radius 2 is 2.22 bits per heavy atom. The highest BCUT2D eigenvalue weighted by atomic mass is 16.2. The maximum absolute atomic E-state index is 12.4. The van der Waals surface area contributed by atoms with Crippen LogP contribution in [0.1, 0.15) is 36.5 Å². The summed E-state index contributed by atoms with van der Waals surface area (Å²) in [6, 6.07) is 2.06. The lowest BCUT2D eigenvalue weighted by Gasteiger charge is -2.25. The van der Waals surface area contributed by atoms with Crippen molar-refractivity contribution in [1.29, 1.82) is 5.26 Å². The van der Waals surface area contributed by atoms with E-state index in [9.17, 15) is 4.79 Å². The van der Waals surface area contributed by atoms with Gasteiger partial charge in [0.2, 0.25) is 0 Å². The van der Waals surface area contributed by atoms with Crippen LogP contribution in [-0.2, 0) is 7.05 Å². The average molecular weight is 249 g/mol. The van der Waals surface area contributed by atoms with Gasteiger partial charge in [-0.3, -0.25) is 9.48 Å². The van der Waals surface area contributed by atoms with Crippen molar-refractivity contribution >= 4 is 11.6 Å². The molecule has 18 heavy (non-hydrogen) atoms. The molecule has 0 bridgehead atoms. The lowest BCUT2D eigenvalue weighted by molar-refractivity contribution is 0.0700. The van der Waals surface area contributed by atoms with Gasteiger partial charge in [-0.15, -0.1) is 0 Å².